The molecule has 0 aliphatic rings. The normalized spacial score (nSPS) is 18.9. The number of aliphatic hydroxyl groups is 3. The molecule has 0 aromatic carbocycles. The smallest absolute Gasteiger partial charge is 0.469 e. The molecule has 0 bridgehead atoms. The van der Waals surface area contributed by atoms with Crippen molar-refractivity contribution in [2.45, 2.75) is 50.6 Å². The van der Waals surface area contributed by atoms with Gasteiger partial charge in [0.2, 0.25) is 0 Å². The van der Waals surface area contributed by atoms with Crippen molar-refractivity contribution in [3.05, 3.63) is 60.8 Å². The van der Waals surface area contributed by atoms with Crippen LogP contribution in [0.25, 0.3) is 0 Å². The minimum atomic E-state index is -4.98. The summed E-state index contributed by atoms with van der Waals surface area (Å²) in [7, 11) is -4.98. The average molecular weight is 432 g/mol. The molecule has 9 nitrogen and oxygen atoms in total. The van der Waals surface area contributed by atoms with Gasteiger partial charge in [-0.15, -0.1) is 0 Å². The van der Waals surface area contributed by atoms with Crippen LogP contribution in [0.1, 0.15) is 26.7 Å². The second-order valence-electron chi connectivity index (χ2n) is 6.31. The minimum absolute atomic E-state index is 0.0488. The molecule has 0 aromatic heterocycles. The maximum Gasteiger partial charge on any atom is 0.469 e. The standard InChI is InChI=1S/C19H29O9P/c1-3-4-5-6-7-9-16(21)14-17(28-29(25,26)27)19(2,24)13-12-15(20)10-8-11-18(22)23/h3-9,11-13,15-17,20-21,24H,10,14H2,1-2H3,(H,22,23)(H2,25,26,27). The van der Waals surface area contributed by atoms with Crippen LogP contribution in [0.5, 0.6) is 0 Å². The van der Waals surface area contributed by atoms with Gasteiger partial charge in [-0.25, -0.2) is 9.36 Å². The highest BCUT2D eigenvalue weighted by molar-refractivity contribution is 7.46. The van der Waals surface area contributed by atoms with Gasteiger partial charge in [0.15, 0.2) is 0 Å². The fourth-order valence-corrected chi connectivity index (χ4v) is 2.71. The van der Waals surface area contributed by atoms with E-state index >= 15 is 0 Å². The Balaban J connectivity index is 5.22. The van der Waals surface area contributed by atoms with Crippen LogP contribution in [0.2, 0.25) is 0 Å². The largest absolute Gasteiger partial charge is 0.478 e. The van der Waals surface area contributed by atoms with Crippen LogP contribution >= 0.6 is 7.82 Å². The molecule has 0 spiro atoms. The summed E-state index contributed by atoms with van der Waals surface area (Å²) in [6, 6.07) is 0. The van der Waals surface area contributed by atoms with Crippen molar-refractivity contribution in [2.24, 2.45) is 0 Å². The predicted octanol–water partition coefficient (Wildman–Crippen LogP) is 1.60. The number of rotatable bonds is 13. The summed E-state index contributed by atoms with van der Waals surface area (Å²) in [5, 5.41) is 38.9. The Morgan fingerprint density at radius 1 is 1.10 bits per heavy atom. The van der Waals surface area contributed by atoms with Crippen molar-refractivity contribution in [3.8, 4) is 0 Å². The number of phosphoric acid groups is 1. The molecule has 0 aliphatic heterocycles. The first-order chi connectivity index (χ1) is 13.4. The summed E-state index contributed by atoms with van der Waals surface area (Å²) >= 11 is 0. The van der Waals surface area contributed by atoms with Crippen LogP contribution in [0, 0.1) is 0 Å². The van der Waals surface area contributed by atoms with Crippen LogP contribution in [0.3, 0.4) is 0 Å². The molecule has 0 rings (SSSR count). The second kappa shape index (κ2) is 13.4. The van der Waals surface area contributed by atoms with Crippen molar-refractivity contribution in [3.63, 3.8) is 0 Å². The van der Waals surface area contributed by atoms with Crippen LogP contribution in [0.4, 0.5) is 0 Å². The SMILES string of the molecule is CC=CC=CC=CC(O)CC(OP(=O)(O)O)C(C)(O)C=CC(O)CC=CC(=O)O. The average Bonchev–Trinajstić information content (AvgIpc) is 2.58. The first-order valence-corrected chi connectivity index (χ1v) is 10.3. The third-order valence-corrected chi connectivity index (χ3v) is 4.05. The van der Waals surface area contributed by atoms with Crippen molar-refractivity contribution in [2.75, 3.05) is 0 Å². The molecule has 29 heavy (non-hydrogen) atoms. The monoisotopic (exact) mass is 432 g/mol. The quantitative estimate of drug-likeness (QED) is 0.110. The number of hydrogen-bond acceptors (Lipinski definition) is 6. The maximum absolute atomic E-state index is 11.2. The first kappa shape index (κ1) is 27.2. The van der Waals surface area contributed by atoms with Gasteiger partial charge in [0, 0.05) is 12.5 Å². The molecular formula is C19H29O9P. The summed E-state index contributed by atoms with van der Waals surface area (Å²) in [5.74, 6) is -1.18. The van der Waals surface area contributed by atoms with Gasteiger partial charge in [0.1, 0.15) is 11.7 Å². The van der Waals surface area contributed by atoms with Crippen molar-refractivity contribution in [1.29, 1.82) is 0 Å². The summed E-state index contributed by atoms with van der Waals surface area (Å²) in [4.78, 5) is 28.6. The van der Waals surface area contributed by atoms with E-state index in [1.807, 2.05) is 6.92 Å². The van der Waals surface area contributed by atoms with E-state index in [-0.39, 0.29) is 12.8 Å². The molecule has 6 N–H and O–H groups in total. The van der Waals surface area contributed by atoms with E-state index in [1.54, 1.807) is 24.3 Å². The third kappa shape index (κ3) is 14.8. The topological polar surface area (TPSA) is 165 Å². The van der Waals surface area contributed by atoms with Crippen molar-refractivity contribution < 1.29 is 44.1 Å². The lowest BCUT2D eigenvalue weighted by Gasteiger charge is -2.31. The van der Waals surface area contributed by atoms with Gasteiger partial charge >= 0.3 is 13.8 Å². The molecule has 0 aromatic rings. The minimum Gasteiger partial charge on any atom is -0.478 e. The highest BCUT2D eigenvalue weighted by Gasteiger charge is 2.36. The number of allylic oxidation sites excluding steroid dienone is 5. The molecule has 0 aliphatic carbocycles. The van der Waals surface area contributed by atoms with Gasteiger partial charge < -0.3 is 30.2 Å². The summed E-state index contributed by atoms with van der Waals surface area (Å²) in [6.07, 6.45) is 9.89. The molecule has 0 fully saturated rings. The Bertz CT molecular complexity index is 686. The zero-order valence-corrected chi connectivity index (χ0v) is 17.2. The molecule has 0 heterocycles. The van der Waals surface area contributed by atoms with Crippen LogP contribution in [0.15, 0.2) is 60.8 Å². The lowest BCUT2D eigenvalue weighted by Crippen LogP contribution is -2.41. The summed E-state index contributed by atoms with van der Waals surface area (Å²) in [5.41, 5.74) is -1.95. The molecule has 0 saturated carbocycles. The molecule has 0 radical (unpaired) electrons. The lowest BCUT2D eigenvalue weighted by atomic mass is 9.93. The molecule has 164 valence electrons. The number of carboxylic acids is 1. The molecule has 10 heteroatoms. The van der Waals surface area contributed by atoms with E-state index in [2.05, 4.69) is 4.52 Å². The highest BCUT2D eigenvalue weighted by atomic mass is 31.2. The van der Waals surface area contributed by atoms with E-state index in [4.69, 9.17) is 14.9 Å². The molecule has 4 unspecified atom stereocenters. The number of aliphatic carboxylic acids is 1. The number of aliphatic hydroxyl groups excluding tert-OH is 2. The van der Waals surface area contributed by atoms with Crippen LogP contribution in [-0.4, -0.2) is 60.1 Å². The Kier molecular flexibility index (Phi) is 12.5. The van der Waals surface area contributed by atoms with Gasteiger partial charge in [-0.3, -0.25) is 4.52 Å². The van der Waals surface area contributed by atoms with Crippen molar-refractivity contribution in [1.82, 2.24) is 0 Å². The lowest BCUT2D eigenvalue weighted by molar-refractivity contribution is -0.131. The van der Waals surface area contributed by atoms with E-state index < -0.39 is 37.7 Å². The van der Waals surface area contributed by atoms with E-state index in [9.17, 15) is 24.7 Å². The fraction of sp³-hybridized carbons (Fsp3) is 0.421. The van der Waals surface area contributed by atoms with E-state index in [0.29, 0.717) is 0 Å². The highest BCUT2D eigenvalue weighted by Crippen LogP contribution is 2.41. The Labute approximate surface area is 169 Å². The van der Waals surface area contributed by atoms with Crippen LogP contribution in [-0.2, 0) is 13.9 Å². The molecular weight excluding hydrogens is 403 g/mol. The zero-order valence-electron chi connectivity index (χ0n) is 16.3. The molecule has 0 saturated heterocycles. The van der Waals surface area contributed by atoms with Gasteiger partial charge in [-0.05, 0) is 20.3 Å². The number of hydrogen-bond donors (Lipinski definition) is 6. The van der Waals surface area contributed by atoms with Crippen LogP contribution < -0.4 is 0 Å². The first-order valence-electron chi connectivity index (χ1n) is 8.74. The van der Waals surface area contributed by atoms with Gasteiger partial charge in [-0.2, -0.15) is 0 Å². The van der Waals surface area contributed by atoms with Gasteiger partial charge in [0.05, 0.1) is 12.2 Å². The Morgan fingerprint density at radius 2 is 1.72 bits per heavy atom. The predicted molar refractivity (Wildman–Crippen MR) is 108 cm³/mol. The number of carbonyl (C=O) groups is 1. The maximum atomic E-state index is 11.2. The second-order valence-corrected chi connectivity index (χ2v) is 7.50. The van der Waals surface area contributed by atoms with Crippen molar-refractivity contribution >= 4 is 13.8 Å². The summed E-state index contributed by atoms with van der Waals surface area (Å²) < 4.78 is 15.9. The Hall–Kier alpha value is -1.84. The molecule has 0 amide bonds. The number of phosphoric ester groups is 1. The van der Waals surface area contributed by atoms with E-state index in [0.717, 1.165) is 18.2 Å². The van der Waals surface area contributed by atoms with Gasteiger partial charge in [-0.1, -0.05) is 54.7 Å². The Morgan fingerprint density at radius 3 is 2.28 bits per heavy atom. The van der Waals surface area contributed by atoms with Gasteiger partial charge in [0.25, 0.3) is 0 Å². The van der Waals surface area contributed by atoms with E-state index in [1.165, 1.54) is 25.2 Å². The molecule has 4 atom stereocenters. The fourth-order valence-electron chi connectivity index (χ4n) is 2.08. The zero-order chi connectivity index (χ0) is 22.5. The summed E-state index contributed by atoms with van der Waals surface area (Å²) in [6.45, 7) is 3.04. The number of carboxylic acid groups (broad SMARTS) is 1. The third-order valence-electron chi connectivity index (χ3n) is 3.52.